The number of rotatable bonds is 18. The lowest BCUT2D eigenvalue weighted by molar-refractivity contribution is -0.943. The lowest BCUT2D eigenvalue weighted by Gasteiger charge is -2.40. The van der Waals surface area contributed by atoms with Gasteiger partial charge >= 0.3 is 0 Å². The molecule has 6 fully saturated rings. The average molecular weight is 1150 g/mol. The third-order valence-corrected chi connectivity index (χ3v) is 22.7. The van der Waals surface area contributed by atoms with E-state index < -0.39 is 0 Å². The highest BCUT2D eigenvalue weighted by Crippen LogP contribution is 2.34. The summed E-state index contributed by atoms with van der Waals surface area (Å²) in [7, 11) is 14.3. The zero-order chi connectivity index (χ0) is 63.2. The Hall–Kier alpha value is -0.480. The van der Waals surface area contributed by atoms with Crippen LogP contribution in [0.4, 0.5) is 0 Å². The molecule has 10 atom stereocenters. The summed E-state index contributed by atoms with van der Waals surface area (Å²) in [5, 5.41) is 0. The lowest BCUT2D eigenvalue weighted by atomic mass is 10.0. The van der Waals surface area contributed by atoms with Crippen LogP contribution in [0.3, 0.4) is 0 Å². The van der Waals surface area contributed by atoms with Crippen LogP contribution in [0.1, 0.15) is 206 Å². The Morgan fingerprint density at radius 2 is 0.741 bits per heavy atom. The maximum atomic E-state index is 2.65. The summed E-state index contributed by atoms with van der Waals surface area (Å²) in [6.07, 6.45) is 3.83. The second-order valence-electron chi connectivity index (χ2n) is 33.1. The summed E-state index contributed by atoms with van der Waals surface area (Å²) in [6, 6.07) is 3.06. The Morgan fingerprint density at radius 3 is 1.07 bits per heavy atom. The van der Waals surface area contributed by atoms with Crippen LogP contribution in [0.2, 0.25) is 0 Å². The molecule has 6 rings (SSSR count). The van der Waals surface area contributed by atoms with Gasteiger partial charge in [0.15, 0.2) is 0 Å². The summed E-state index contributed by atoms with van der Waals surface area (Å²) in [5.41, 5.74) is 1.64. The SMILES string of the molecule is CCCN1CC(C)(C)[N@@+](C)(CC)C1.CCCN1C[N@+](C)(CC)C(C)C1C.CCCN1C[N@+](C)(CC)CC1(C)C.CC[N@@+]1(C)CN(CC(C)C)C(C)(C)C1.CC[N@@+]1(C)CN(CC(C)C)C(C)C1C.CC[N@@+]1(C)CN(CC(C)C)CC1(C)C. The first-order valence-electron chi connectivity index (χ1n) is 34.4. The van der Waals surface area contributed by atoms with E-state index in [0.717, 1.165) is 41.9 Å². The van der Waals surface area contributed by atoms with E-state index in [-0.39, 0.29) is 0 Å². The highest BCUT2D eigenvalue weighted by Gasteiger charge is 2.50. The largest absolute Gasteiger partial charge is 0.312 e. The van der Waals surface area contributed by atoms with Gasteiger partial charge < -0.3 is 26.9 Å². The molecule has 0 N–H and O–H groups in total. The van der Waals surface area contributed by atoms with E-state index in [0.29, 0.717) is 22.2 Å². The summed E-state index contributed by atoms with van der Waals surface area (Å²) >= 11 is 0. The van der Waals surface area contributed by atoms with Crippen molar-refractivity contribution in [2.75, 3.05) is 187 Å². The van der Waals surface area contributed by atoms with Crippen molar-refractivity contribution in [3.63, 3.8) is 0 Å². The molecule has 0 aliphatic carbocycles. The van der Waals surface area contributed by atoms with Crippen molar-refractivity contribution in [3.05, 3.63) is 0 Å². The molecule has 6 heterocycles. The molecule has 0 aromatic carbocycles. The first kappa shape index (κ1) is 78.5. The molecule has 6 aliphatic heterocycles. The quantitative estimate of drug-likeness (QED) is 0.127. The zero-order valence-electron chi connectivity index (χ0n) is 62.1. The molecule has 0 saturated carbocycles. The van der Waals surface area contributed by atoms with E-state index in [9.17, 15) is 0 Å². The van der Waals surface area contributed by atoms with Crippen molar-refractivity contribution >= 4 is 0 Å². The van der Waals surface area contributed by atoms with Crippen LogP contribution >= 0.6 is 0 Å². The zero-order valence-corrected chi connectivity index (χ0v) is 62.1. The summed E-state index contributed by atoms with van der Waals surface area (Å²) in [4.78, 5) is 15.8. The summed E-state index contributed by atoms with van der Waals surface area (Å²) in [5.74, 6) is 2.35. The van der Waals surface area contributed by atoms with Gasteiger partial charge in [0, 0.05) is 39.3 Å². The fourth-order valence-electron chi connectivity index (χ4n) is 15.2. The van der Waals surface area contributed by atoms with Crippen molar-refractivity contribution in [1.29, 1.82) is 0 Å². The molecule has 12 nitrogen and oxygen atoms in total. The van der Waals surface area contributed by atoms with Crippen molar-refractivity contribution < 1.29 is 26.9 Å². The second-order valence-corrected chi connectivity index (χ2v) is 33.1. The van der Waals surface area contributed by atoms with Crippen LogP contribution in [0.5, 0.6) is 0 Å². The third-order valence-electron chi connectivity index (χ3n) is 22.7. The van der Waals surface area contributed by atoms with Gasteiger partial charge in [-0.2, -0.15) is 0 Å². The average Bonchev–Trinajstić information content (AvgIpc) is 4.05. The van der Waals surface area contributed by atoms with Gasteiger partial charge in [-0.1, -0.05) is 62.3 Å². The van der Waals surface area contributed by atoms with E-state index in [1.807, 2.05) is 0 Å². The smallest absolute Gasteiger partial charge is 0.135 e. The maximum Gasteiger partial charge on any atom is 0.135 e. The van der Waals surface area contributed by atoms with Crippen LogP contribution in [-0.2, 0) is 0 Å². The number of hydrogen-bond donors (Lipinski definition) is 0. The molecule has 0 aromatic heterocycles. The minimum atomic E-state index is 0.384. The van der Waals surface area contributed by atoms with E-state index >= 15 is 0 Å². The number of quaternary nitrogens is 6. The minimum absolute atomic E-state index is 0.384. The number of nitrogens with zero attached hydrogens (tertiary/aromatic N) is 12. The van der Waals surface area contributed by atoms with E-state index in [1.54, 1.807) is 0 Å². The Morgan fingerprint density at radius 1 is 0.383 bits per heavy atom. The molecule has 81 heavy (non-hydrogen) atoms. The fraction of sp³-hybridized carbons (Fsp3) is 1.00. The van der Waals surface area contributed by atoms with Crippen LogP contribution in [-0.4, -0.2) is 290 Å². The Kier molecular flexibility index (Phi) is 31.2. The Bertz CT molecular complexity index is 1750. The van der Waals surface area contributed by atoms with E-state index in [1.165, 1.54) is 191 Å². The van der Waals surface area contributed by atoms with Crippen molar-refractivity contribution in [2.45, 2.75) is 253 Å². The molecular formula is C69H156N12+6. The molecule has 4 unspecified atom stereocenters. The summed E-state index contributed by atoms with van der Waals surface area (Å²) in [6.45, 7) is 90.6. The molecule has 6 saturated heterocycles. The molecule has 6 aliphatic rings. The molecular weight excluding hydrogens is 997 g/mol. The fourth-order valence-corrected chi connectivity index (χ4v) is 15.2. The summed E-state index contributed by atoms with van der Waals surface area (Å²) < 4.78 is 7.26. The molecule has 486 valence electrons. The van der Waals surface area contributed by atoms with Gasteiger partial charge in [0.2, 0.25) is 0 Å². The molecule has 12 heteroatoms. The van der Waals surface area contributed by atoms with Gasteiger partial charge in [-0.3, -0.25) is 9.80 Å². The standard InChI is InChI=1S/3C12H27N2.3C11H25N2/c1-7-14(6)9-12(4,5)13(10-14)8-11(2)3;1-7-14(6)10-13(8-11(2)3)9-12(14,4)5;1-7-14(6)9-13(8-10(2)3)11(4)12(14)5;1-6-8-12-10-13(5,7-2)9-11(12,3)4;1-6-8-12-9-11(3,4)13(5,7-2)10-12;1-6-8-12-9-13(5,7-2)11(4)10(12)3/h2*11H,7-10H2,1-6H3;10-12H,7-9H2,1-6H3;2*6-10H2,1-5H3;10-11H,6-9H2,1-5H3/q6*+1/t2*14-;11?,12?,14-;2*13-;10?,11?,13-/m100100/s1. The number of likely N-dealkylation sites (N-methyl/N-ethyl adjacent to an activating group) is 6. The van der Waals surface area contributed by atoms with Crippen LogP contribution in [0.15, 0.2) is 0 Å². The van der Waals surface area contributed by atoms with Crippen LogP contribution in [0, 0.1) is 17.8 Å². The topological polar surface area (TPSA) is 19.4 Å². The highest BCUT2D eigenvalue weighted by molar-refractivity contribution is 4.87. The molecule has 0 bridgehead atoms. The van der Waals surface area contributed by atoms with Gasteiger partial charge in [0.25, 0.3) is 0 Å². The monoisotopic (exact) mass is 1150 g/mol. The molecule has 0 aromatic rings. The van der Waals surface area contributed by atoms with Crippen molar-refractivity contribution in [2.24, 2.45) is 17.8 Å². The molecule has 0 amide bonds. The van der Waals surface area contributed by atoms with Gasteiger partial charge in [-0.25, -0.2) is 19.6 Å². The predicted octanol–water partition coefficient (Wildman–Crippen LogP) is 12.2. The highest BCUT2D eigenvalue weighted by atomic mass is 15.6. The Labute approximate surface area is 511 Å². The third kappa shape index (κ3) is 21.7. The molecule has 0 radical (unpaired) electrons. The van der Waals surface area contributed by atoms with Gasteiger partial charge in [0.05, 0.1) is 131 Å². The normalized spacial score (nSPS) is 35.7. The van der Waals surface area contributed by atoms with Gasteiger partial charge in [0.1, 0.15) is 63.2 Å². The van der Waals surface area contributed by atoms with Crippen LogP contribution < -0.4 is 0 Å². The van der Waals surface area contributed by atoms with Crippen molar-refractivity contribution in [3.8, 4) is 0 Å². The molecule has 0 spiro atoms. The van der Waals surface area contributed by atoms with Gasteiger partial charge in [-0.15, -0.1) is 0 Å². The predicted molar refractivity (Wildman–Crippen MR) is 359 cm³/mol. The lowest BCUT2D eigenvalue weighted by Crippen LogP contribution is -2.55. The Balaban J connectivity index is 0.000000486. The minimum Gasteiger partial charge on any atom is -0.312 e. The number of hydrogen-bond acceptors (Lipinski definition) is 6. The second kappa shape index (κ2) is 32.1. The first-order valence-corrected chi connectivity index (χ1v) is 34.4. The van der Waals surface area contributed by atoms with E-state index in [4.69, 9.17) is 0 Å². The van der Waals surface area contributed by atoms with E-state index in [2.05, 4.69) is 259 Å². The van der Waals surface area contributed by atoms with Gasteiger partial charge in [-0.05, 0) is 162 Å². The maximum absolute atomic E-state index is 2.65. The van der Waals surface area contributed by atoms with Crippen LogP contribution in [0.25, 0.3) is 0 Å². The first-order chi connectivity index (χ1) is 36.9. The van der Waals surface area contributed by atoms with Crippen molar-refractivity contribution in [1.82, 2.24) is 29.4 Å².